The van der Waals surface area contributed by atoms with Gasteiger partial charge in [0.05, 0.1) is 0 Å². The van der Waals surface area contributed by atoms with Gasteiger partial charge in [-0.05, 0) is 6.92 Å². The van der Waals surface area contributed by atoms with E-state index < -0.39 is 12.1 Å². The van der Waals surface area contributed by atoms with E-state index in [1.807, 2.05) is 6.92 Å². The molecule has 4 amide bonds. The summed E-state index contributed by atoms with van der Waals surface area (Å²) >= 11 is 0. The van der Waals surface area contributed by atoms with Crippen molar-refractivity contribution >= 4 is 29.9 Å². The van der Waals surface area contributed by atoms with Crippen LogP contribution in [0, 0.1) is 0 Å². The number of urea groups is 2. The van der Waals surface area contributed by atoms with Gasteiger partial charge in [0.2, 0.25) is 17.8 Å². The molecule has 0 fully saturated rings. The first-order valence-electron chi connectivity index (χ1n) is 4.64. The molecule has 0 unspecified atom stereocenters. The van der Waals surface area contributed by atoms with Gasteiger partial charge >= 0.3 is 12.1 Å². The smallest absolute Gasteiger partial charge is 0.319 e. The number of nitrogens with two attached hydrogens (primary N) is 2. The Morgan fingerprint density at radius 1 is 1.00 bits per heavy atom. The molecule has 0 saturated heterocycles. The zero-order valence-corrected chi connectivity index (χ0v) is 9.02. The number of hydrogen-bond acceptors (Lipinski definition) is 6. The highest BCUT2D eigenvalue weighted by atomic mass is 16.2. The number of carbonyl (C=O) groups is 2. The number of amides is 4. The second-order valence-corrected chi connectivity index (χ2v) is 2.82. The number of anilines is 3. The molecular formula is C7H12N8O2. The lowest BCUT2D eigenvalue weighted by molar-refractivity contribution is 0.258. The lowest BCUT2D eigenvalue weighted by Crippen LogP contribution is -2.24. The molecule has 10 heteroatoms. The molecular weight excluding hydrogens is 228 g/mol. The quantitative estimate of drug-likeness (QED) is 0.466. The van der Waals surface area contributed by atoms with Crippen LogP contribution >= 0.6 is 0 Å². The van der Waals surface area contributed by atoms with Crippen LogP contribution in [0.25, 0.3) is 0 Å². The minimum atomic E-state index is -0.830. The average molecular weight is 240 g/mol. The molecule has 7 N–H and O–H groups in total. The van der Waals surface area contributed by atoms with E-state index in [0.29, 0.717) is 6.54 Å². The molecule has 1 aromatic rings. The Bertz CT molecular complexity index is 400. The van der Waals surface area contributed by atoms with Gasteiger partial charge in [-0.3, -0.25) is 10.6 Å². The summed E-state index contributed by atoms with van der Waals surface area (Å²) in [5.41, 5.74) is 9.83. The summed E-state index contributed by atoms with van der Waals surface area (Å²) in [7, 11) is 0. The lowest BCUT2D eigenvalue weighted by atomic mass is 10.7. The van der Waals surface area contributed by atoms with Gasteiger partial charge in [-0.2, -0.15) is 15.0 Å². The SMILES string of the molecule is CCNc1nc(NC(N)=O)nc(NC(N)=O)n1. The van der Waals surface area contributed by atoms with Gasteiger partial charge in [-0.25, -0.2) is 9.59 Å². The number of primary amides is 2. The molecule has 0 aliphatic heterocycles. The Hall–Kier alpha value is -2.65. The number of hydrogen-bond donors (Lipinski definition) is 5. The summed E-state index contributed by atoms with van der Waals surface area (Å²) in [6, 6.07) is -1.66. The maximum absolute atomic E-state index is 10.6. The van der Waals surface area contributed by atoms with E-state index in [1.165, 1.54) is 0 Å². The van der Waals surface area contributed by atoms with Gasteiger partial charge in [0.1, 0.15) is 0 Å². The van der Waals surface area contributed by atoms with Crippen molar-refractivity contribution in [1.82, 2.24) is 15.0 Å². The van der Waals surface area contributed by atoms with Crippen LogP contribution in [-0.2, 0) is 0 Å². The van der Waals surface area contributed by atoms with E-state index >= 15 is 0 Å². The van der Waals surface area contributed by atoms with E-state index in [4.69, 9.17) is 11.5 Å². The number of carbonyl (C=O) groups excluding carboxylic acids is 2. The van der Waals surface area contributed by atoms with Crippen molar-refractivity contribution in [2.24, 2.45) is 11.5 Å². The number of nitrogens with one attached hydrogen (secondary N) is 3. The minimum Gasteiger partial charge on any atom is -0.354 e. The van der Waals surface area contributed by atoms with Crippen molar-refractivity contribution in [2.45, 2.75) is 6.92 Å². The average Bonchev–Trinajstić information content (AvgIpc) is 2.14. The van der Waals surface area contributed by atoms with Crippen LogP contribution in [0.5, 0.6) is 0 Å². The first-order valence-corrected chi connectivity index (χ1v) is 4.64. The topological polar surface area (TPSA) is 161 Å². The molecule has 1 heterocycles. The second kappa shape index (κ2) is 5.44. The molecule has 0 aliphatic carbocycles. The molecule has 1 aromatic heterocycles. The van der Waals surface area contributed by atoms with Gasteiger partial charge in [-0.1, -0.05) is 0 Å². The Labute approximate surface area is 96.2 Å². The molecule has 0 saturated carbocycles. The van der Waals surface area contributed by atoms with Gasteiger partial charge in [0, 0.05) is 6.54 Å². The van der Waals surface area contributed by atoms with Gasteiger partial charge in [0.15, 0.2) is 0 Å². The molecule has 0 aromatic carbocycles. The molecule has 1 rings (SSSR count). The normalized spacial score (nSPS) is 9.47. The minimum absolute atomic E-state index is 0.0906. The molecule has 0 spiro atoms. The van der Waals surface area contributed by atoms with Crippen LogP contribution in [0.15, 0.2) is 0 Å². The van der Waals surface area contributed by atoms with Crippen molar-refractivity contribution in [3.8, 4) is 0 Å². The Morgan fingerprint density at radius 2 is 1.41 bits per heavy atom. The van der Waals surface area contributed by atoms with Gasteiger partial charge < -0.3 is 16.8 Å². The number of rotatable bonds is 4. The molecule has 17 heavy (non-hydrogen) atoms. The summed E-state index contributed by atoms with van der Waals surface area (Å²) in [6.07, 6.45) is 0. The molecule has 10 nitrogen and oxygen atoms in total. The van der Waals surface area contributed by atoms with Crippen molar-refractivity contribution < 1.29 is 9.59 Å². The molecule has 0 bridgehead atoms. The summed E-state index contributed by atoms with van der Waals surface area (Å²) in [4.78, 5) is 32.7. The predicted octanol–water partition coefficient (Wildman–Crippen LogP) is -0.715. The zero-order chi connectivity index (χ0) is 12.8. The maximum Gasteiger partial charge on any atom is 0.319 e. The third-order valence-electron chi connectivity index (χ3n) is 1.44. The predicted molar refractivity (Wildman–Crippen MR) is 60.4 cm³/mol. The standard InChI is InChI=1S/C7H12N8O2/c1-2-10-5-13-6(11-3(8)16)15-7(14-5)12-4(9)17/h2H2,1H3,(H7,8,9,10,11,12,13,14,15,16,17). The molecule has 0 radical (unpaired) electrons. The molecule has 0 aliphatic rings. The van der Waals surface area contributed by atoms with E-state index in [9.17, 15) is 9.59 Å². The zero-order valence-electron chi connectivity index (χ0n) is 9.02. The van der Waals surface area contributed by atoms with Crippen molar-refractivity contribution in [3.63, 3.8) is 0 Å². The van der Waals surface area contributed by atoms with Crippen LogP contribution in [0.1, 0.15) is 6.92 Å². The van der Waals surface area contributed by atoms with E-state index in [-0.39, 0.29) is 17.8 Å². The molecule has 0 atom stereocenters. The van der Waals surface area contributed by atoms with Crippen LogP contribution < -0.4 is 27.4 Å². The van der Waals surface area contributed by atoms with Crippen LogP contribution in [-0.4, -0.2) is 33.6 Å². The van der Waals surface area contributed by atoms with Crippen molar-refractivity contribution in [1.29, 1.82) is 0 Å². The maximum atomic E-state index is 10.6. The second-order valence-electron chi connectivity index (χ2n) is 2.82. The fourth-order valence-corrected chi connectivity index (χ4v) is 0.945. The van der Waals surface area contributed by atoms with Gasteiger partial charge in [-0.15, -0.1) is 0 Å². The number of aromatic nitrogens is 3. The van der Waals surface area contributed by atoms with Crippen LogP contribution in [0.3, 0.4) is 0 Å². The highest BCUT2D eigenvalue weighted by molar-refractivity contribution is 5.87. The monoisotopic (exact) mass is 240 g/mol. The van der Waals surface area contributed by atoms with Crippen LogP contribution in [0.2, 0.25) is 0 Å². The van der Waals surface area contributed by atoms with E-state index in [0.717, 1.165) is 0 Å². The fraction of sp³-hybridized carbons (Fsp3) is 0.286. The lowest BCUT2D eigenvalue weighted by Gasteiger charge is -2.07. The van der Waals surface area contributed by atoms with E-state index in [1.54, 1.807) is 0 Å². The third-order valence-corrected chi connectivity index (χ3v) is 1.44. The summed E-state index contributed by atoms with van der Waals surface area (Å²) in [5, 5.41) is 7.11. The van der Waals surface area contributed by atoms with Gasteiger partial charge in [0.25, 0.3) is 0 Å². The Morgan fingerprint density at radius 3 is 1.76 bits per heavy atom. The largest absolute Gasteiger partial charge is 0.354 e. The summed E-state index contributed by atoms with van der Waals surface area (Å²) < 4.78 is 0. The number of nitrogens with zero attached hydrogens (tertiary/aromatic N) is 3. The van der Waals surface area contributed by atoms with Crippen LogP contribution in [0.4, 0.5) is 27.4 Å². The highest BCUT2D eigenvalue weighted by Crippen LogP contribution is 2.08. The first-order chi connectivity index (χ1) is 8.01. The third kappa shape index (κ3) is 4.15. The van der Waals surface area contributed by atoms with Crippen molar-refractivity contribution in [2.75, 3.05) is 22.5 Å². The van der Waals surface area contributed by atoms with Crippen molar-refractivity contribution in [3.05, 3.63) is 0 Å². The highest BCUT2D eigenvalue weighted by Gasteiger charge is 2.08. The Kier molecular flexibility index (Phi) is 3.97. The summed E-state index contributed by atoms with van der Waals surface area (Å²) in [5.74, 6) is -0.00519. The summed E-state index contributed by atoms with van der Waals surface area (Å²) in [6.45, 7) is 2.38. The Balaban J connectivity index is 2.99. The fourth-order valence-electron chi connectivity index (χ4n) is 0.945. The van der Waals surface area contributed by atoms with E-state index in [2.05, 4.69) is 30.9 Å². The molecule has 92 valence electrons. The first kappa shape index (κ1) is 12.4.